The van der Waals surface area contributed by atoms with Crippen molar-refractivity contribution in [1.82, 2.24) is 19.7 Å². The van der Waals surface area contributed by atoms with Gasteiger partial charge in [0.2, 0.25) is 5.91 Å². The molecule has 1 amide bonds. The van der Waals surface area contributed by atoms with Crippen LogP contribution in [0.25, 0.3) is 0 Å². The Kier molecular flexibility index (Phi) is 3.63. The van der Waals surface area contributed by atoms with Gasteiger partial charge in [-0.05, 0) is 18.6 Å². The lowest BCUT2D eigenvalue weighted by Gasteiger charge is -2.61. The molecule has 124 valence electrons. The van der Waals surface area contributed by atoms with Crippen molar-refractivity contribution < 1.29 is 9.90 Å². The number of rotatable bonds is 2. The highest BCUT2D eigenvalue weighted by Gasteiger charge is 2.56. The van der Waals surface area contributed by atoms with Gasteiger partial charge in [0.15, 0.2) is 0 Å². The number of carbonyl (C=O) groups is 1. The molecule has 0 saturated carbocycles. The maximum atomic E-state index is 11.9. The number of amides is 1. The number of aliphatic hydroxyl groups is 1. The number of fused-ring (bicyclic) bond motifs is 2. The molecule has 1 spiro atoms. The van der Waals surface area contributed by atoms with E-state index >= 15 is 0 Å². The summed E-state index contributed by atoms with van der Waals surface area (Å²) < 4.78 is 0. The molecular formula is C17H24N4O2. The van der Waals surface area contributed by atoms with Gasteiger partial charge in [-0.3, -0.25) is 19.6 Å². The van der Waals surface area contributed by atoms with Crippen molar-refractivity contribution in [2.45, 2.75) is 37.6 Å². The Morgan fingerprint density at radius 2 is 2.17 bits per heavy atom. The quantitative estimate of drug-likeness (QED) is 0.828. The molecule has 0 radical (unpaired) electrons. The highest BCUT2D eigenvalue weighted by atomic mass is 16.3. The van der Waals surface area contributed by atoms with E-state index in [1.807, 2.05) is 23.2 Å². The topological polar surface area (TPSA) is 59.9 Å². The normalized spacial score (nSPS) is 30.3. The van der Waals surface area contributed by atoms with Gasteiger partial charge < -0.3 is 10.0 Å². The standard InChI is InChI=1S/C17H24N4O2/c1-13(22)20-8-15-6-16(23)9-21(15)17(12-20)10-19(11-17)7-14-4-2-3-5-18-14/h2-5,15-16,23H,6-12H2,1H3/t15-,16-/m1/s1. The van der Waals surface area contributed by atoms with E-state index in [-0.39, 0.29) is 17.6 Å². The third kappa shape index (κ3) is 2.65. The monoisotopic (exact) mass is 316 g/mol. The second kappa shape index (κ2) is 5.54. The van der Waals surface area contributed by atoms with Gasteiger partial charge in [-0.15, -0.1) is 0 Å². The summed E-state index contributed by atoms with van der Waals surface area (Å²) in [5.41, 5.74) is 1.10. The summed E-state index contributed by atoms with van der Waals surface area (Å²) in [5, 5.41) is 10.1. The maximum Gasteiger partial charge on any atom is 0.219 e. The van der Waals surface area contributed by atoms with E-state index in [9.17, 15) is 9.90 Å². The van der Waals surface area contributed by atoms with Gasteiger partial charge in [0.1, 0.15) is 0 Å². The average Bonchev–Trinajstić information content (AvgIpc) is 2.87. The highest BCUT2D eigenvalue weighted by Crippen LogP contribution is 2.39. The predicted octanol–water partition coefficient (Wildman–Crippen LogP) is -0.0667. The molecule has 1 aromatic heterocycles. The molecule has 0 unspecified atom stereocenters. The highest BCUT2D eigenvalue weighted by molar-refractivity contribution is 5.73. The third-order valence-electron chi connectivity index (χ3n) is 5.51. The van der Waals surface area contributed by atoms with Crippen LogP contribution in [0.3, 0.4) is 0 Å². The first kappa shape index (κ1) is 15.1. The first-order valence-electron chi connectivity index (χ1n) is 8.38. The molecule has 1 N–H and O–H groups in total. The molecule has 0 bridgehead atoms. The van der Waals surface area contributed by atoms with E-state index < -0.39 is 0 Å². The summed E-state index contributed by atoms with van der Waals surface area (Å²) in [5.74, 6) is 0.147. The number of likely N-dealkylation sites (tertiary alicyclic amines) is 1. The van der Waals surface area contributed by atoms with E-state index in [1.165, 1.54) is 0 Å². The lowest BCUT2D eigenvalue weighted by Crippen LogP contribution is -2.78. The zero-order valence-electron chi connectivity index (χ0n) is 13.6. The van der Waals surface area contributed by atoms with E-state index in [0.29, 0.717) is 6.04 Å². The van der Waals surface area contributed by atoms with Crippen molar-refractivity contribution in [3.8, 4) is 0 Å². The fourth-order valence-electron chi connectivity index (χ4n) is 4.55. The average molecular weight is 316 g/mol. The maximum absolute atomic E-state index is 11.9. The zero-order chi connectivity index (χ0) is 16.0. The minimum absolute atomic E-state index is 0.0147. The summed E-state index contributed by atoms with van der Waals surface area (Å²) >= 11 is 0. The van der Waals surface area contributed by atoms with Crippen molar-refractivity contribution in [1.29, 1.82) is 0 Å². The van der Waals surface area contributed by atoms with Crippen LogP contribution in [-0.2, 0) is 11.3 Å². The van der Waals surface area contributed by atoms with Gasteiger partial charge in [0, 0.05) is 58.4 Å². The summed E-state index contributed by atoms with van der Waals surface area (Å²) in [6, 6.07) is 6.31. The fraction of sp³-hybridized carbons (Fsp3) is 0.647. The Labute approximate surface area is 136 Å². The molecule has 6 nitrogen and oxygen atoms in total. The largest absolute Gasteiger partial charge is 0.392 e. The van der Waals surface area contributed by atoms with Gasteiger partial charge in [-0.25, -0.2) is 0 Å². The molecule has 4 heterocycles. The van der Waals surface area contributed by atoms with E-state index in [0.717, 1.165) is 51.4 Å². The van der Waals surface area contributed by atoms with Crippen LogP contribution in [0.15, 0.2) is 24.4 Å². The molecule has 1 aromatic rings. The Morgan fingerprint density at radius 1 is 1.35 bits per heavy atom. The van der Waals surface area contributed by atoms with Gasteiger partial charge >= 0.3 is 0 Å². The molecule has 3 saturated heterocycles. The van der Waals surface area contributed by atoms with Crippen LogP contribution in [-0.4, -0.2) is 81.1 Å². The molecule has 23 heavy (non-hydrogen) atoms. The molecule has 3 aliphatic heterocycles. The smallest absolute Gasteiger partial charge is 0.219 e. The Balaban J connectivity index is 1.47. The lowest BCUT2D eigenvalue weighted by molar-refractivity contribution is -0.149. The van der Waals surface area contributed by atoms with Gasteiger partial charge in [-0.1, -0.05) is 6.07 Å². The minimum Gasteiger partial charge on any atom is -0.392 e. The van der Waals surface area contributed by atoms with Crippen LogP contribution < -0.4 is 0 Å². The van der Waals surface area contributed by atoms with Crippen molar-refractivity contribution in [3.63, 3.8) is 0 Å². The molecule has 4 rings (SSSR count). The van der Waals surface area contributed by atoms with Crippen LogP contribution >= 0.6 is 0 Å². The van der Waals surface area contributed by atoms with E-state index in [1.54, 1.807) is 6.92 Å². The number of piperazine rings is 1. The number of hydrogen-bond donors (Lipinski definition) is 1. The SMILES string of the molecule is CC(=O)N1C[C@H]2C[C@@H](O)CN2C2(CN(Cc3ccccn3)C2)C1. The molecule has 0 aromatic carbocycles. The second-order valence-corrected chi connectivity index (χ2v) is 7.29. The Morgan fingerprint density at radius 3 is 2.87 bits per heavy atom. The first-order chi connectivity index (χ1) is 11.1. The molecular weight excluding hydrogens is 292 g/mol. The Hall–Kier alpha value is -1.50. The van der Waals surface area contributed by atoms with Gasteiger partial charge in [-0.2, -0.15) is 0 Å². The molecule has 0 aliphatic carbocycles. The fourth-order valence-corrected chi connectivity index (χ4v) is 4.55. The van der Waals surface area contributed by atoms with Crippen molar-refractivity contribution >= 4 is 5.91 Å². The number of aromatic nitrogens is 1. The van der Waals surface area contributed by atoms with Crippen molar-refractivity contribution in [2.75, 3.05) is 32.7 Å². The molecule has 6 heteroatoms. The molecule has 2 atom stereocenters. The number of nitrogens with zero attached hydrogens (tertiary/aromatic N) is 4. The van der Waals surface area contributed by atoms with Crippen LogP contribution in [0.1, 0.15) is 19.0 Å². The molecule has 3 aliphatic rings. The van der Waals surface area contributed by atoms with Gasteiger partial charge in [0.25, 0.3) is 0 Å². The second-order valence-electron chi connectivity index (χ2n) is 7.29. The minimum atomic E-state index is -0.256. The van der Waals surface area contributed by atoms with E-state index in [2.05, 4.69) is 20.9 Å². The number of hydrogen-bond acceptors (Lipinski definition) is 5. The van der Waals surface area contributed by atoms with Crippen LogP contribution in [0, 0.1) is 0 Å². The first-order valence-corrected chi connectivity index (χ1v) is 8.38. The van der Waals surface area contributed by atoms with E-state index in [4.69, 9.17) is 0 Å². The van der Waals surface area contributed by atoms with Crippen molar-refractivity contribution in [3.05, 3.63) is 30.1 Å². The number of β-amino-alcohol motifs (C(OH)–C–C–N with tert-alkyl or cyclic N) is 1. The van der Waals surface area contributed by atoms with Gasteiger partial charge in [0.05, 0.1) is 17.3 Å². The van der Waals surface area contributed by atoms with Crippen LogP contribution in [0.4, 0.5) is 0 Å². The van der Waals surface area contributed by atoms with Crippen molar-refractivity contribution in [2.24, 2.45) is 0 Å². The number of aliphatic hydroxyl groups excluding tert-OH is 1. The lowest BCUT2D eigenvalue weighted by atomic mass is 9.83. The predicted molar refractivity (Wildman–Crippen MR) is 85.6 cm³/mol. The third-order valence-corrected chi connectivity index (χ3v) is 5.51. The molecule has 3 fully saturated rings. The number of pyridine rings is 1. The zero-order valence-corrected chi connectivity index (χ0v) is 13.6. The summed E-state index contributed by atoms with van der Waals surface area (Å²) in [6.07, 6.45) is 2.36. The summed E-state index contributed by atoms with van der Waals surface area (Å²) in [7, 11) is 0. The van der Waals surface area contributed by atoms with Crippen LogP contribution in [0.2, 0.25) is 0 Å². The summed E-state index contributed by atoms with van der Waals surface area (Å²) in [4.78, 5) is 23.1. The van der Waals surface area contributed by atoms with Crippen LogP contribution in [0.5, 0.6) is 0 Å². The summed E-state index contributed by atoms with van der Waals surface area (Å²) in [6.45, 7) is 6.67. The Bertz CT molecular complexity index is 588. The number of carbonyl (C=O) groups excluding carboxylic acids is 1.